The summed E-state index contributed by atoms with van der Waals surface area (Å²) in [4.78, 5) is 36.5. The number of nitrogens with two attached hydrogens (primary N) is 1. The molecule has 12 heteroatoms. The van der Waals surface area contributed by atoms with Gasteiger partial charge in [-0.1, -0.05) is 30.3 Å². The first-order valence-corrected chi connectivity index (χ1v) is 10.5. The summed E-state index contributed by atoms with van der Waals surface area (Å²) in [6.45, 7) is 0.642. The van der Waals surface area contributed by atoms with Crippen LogP contribution in [0.5, 0.6) is 0 Å². The zero-order valence-electron chi connectivity index (χ0n) is 17.7. The van der Waals surface area contributed by atoms with Crippen molar-refractivity contribution in [2.75, 3.05) is 18.8 Å². The van der Waals surface area contributed by atoms with Crippen molar-refractivity contribution in [2.24, 2.45) is 0 Å². The van der Waals surface area contributed by atoms with Gasteiger partial charge >= 0.3 is 0 Å². The number of rotatable bonds is 8. The lowest BCUT2D eigenvalue weighted by molar-refractivity contribution is -0.137. The van der Waals surface area contributed by atoms with Gasteiger partial charge in [0.15, 0.2) is 23.8 Å². The van der Waals surface area contributed by atoms with Crippen LogP contribution in [-0.2, 0) is 20.7 Å². The molecule has 3 aromatic rings. The number of aliphatic hydroxyl groups is 2. The number of nitrogen functional groups attached to an aromatic ring is 1. The molecular weight excluding hydrogens is 430 g/mol. The van der Waals surface area contributed by atoms with E-state index in [-0.39, 0.29) is 24.7 Å². The van der Waals surface area contributed by atoms with Crippen molar-refractivity contribution in [3.63, 3.8) is 0 Å². The van der Waals surface area contributed by atoms with Gasteiger partial charge in [0.2, 0.25) is 5.91 Å². The molecule has 2 amide bonds. The van der Waals surface area contributed by atoms with E-state index in [0.717, 1.165) is 5.56 Å². The fourth-order valence-electron chi connectivity index (χ4n) is 3.63. The zero-order chi connectivity index (χ0) is 23.4. The summed E-state index contributed by atoms with van der Waals surface area (Å²) in [5.74, 6) is -0.514. The normalized spacial score (nSPS) is 22.4. The van der Waals surface area contributed by atoms with E-state index in [1.54, 1.807) is 0 Å². The highest BCUT2D eigenvalue weighted by Crippen LogP contribution is 2.32. The number of fused-ring (bicyclic) bond motifs is 1. The minimum atomic E-state index is -1.45. The van der Waals surface area contributed by atoms with Gasteiger partial charge in [-0.3, -0.25) is 14.2 Å². The molecule has 0 spiro atoms. The minimum absolute atomic E-state index is 0.106. The van der Waals surface area contributed by atoms with Gasteiger partial charge in [-0.25, -0.2) is 15.0 Å². The van der Waals surface area contributed by atoms with Crippen LogP contribution >= 0.6 is 0 Å². The summed E-state index contributed by atoms with van der Waals surface area (Å²) in [7, 11) is 0. The quantitative estimate of drug-likeness (QED) is 0.264. The predicted molar refractivity (Wildman–Crippen MR) is 116 cm³/mol. The summed E-state index contributed by atoms with van der Waals surface area (Å²) in [5.41, 5.74) is 7.33. The van der Waals surface area contributed by atoms with Gasteiger partial charge in [0.25, 0.3) is 5.91 Å². The lowest BCUT2D eigenvalue weighted by Gasteiger charge is -2.16. The second-order valence-corrected chi connectivity index (χ2v) is 7.67. The van der Waals surface area contributed by atoms with Gasteiger partial charge in [-0.05, 0) is 12.0 Å². The Hall–Kier alpha value is -3.61. The Bertz CT molecular complexity index is 1120. The molecule has 0 saturated carbocycles. The highest BCUT2D eigenvalue weighted by Gasteiger charge is 2.47. The third kappa shape index (κ3) is 4.92. The molecule has 4 unspecified atom stereocenters. The Balaban J connectivity index is 1.25. The van der Waals surface area contributed by atoms with E-state index in [9.17, 15) is 19.8 Å². The van der Waals surface area contributed by atoms with Crippen molar-refractivity contribution in [2.45, 2.75) is 37.4 Å². The summed E-state index contributed by atoms with van der Waals surface area (Å²) in [5, 5.41) is 26.2. The van der Waals surface area contributed by atoms with Crippen LogP contribution in [0.3, 0.4) is 0 Å². The number of nitrogens with zero attached hydrogens (tertiary/aromatic N) is 4. The molecule has 33 heavy (non-hydrogen) atoms. The van der Waals surface area contributed by atoms with E-state index in [2.05, 4.69) is 25.6 Å². The van der Waals surface area contributed by atoms with Crippen LogP contribution in [0.2, 0.25) is 0 Å². The molecule has 1 aliphatic heterocycles. The molecule has 0 aliphatic carbocycles. The summed E-state index contributed by atoms with van der Waals surface area (Å²) in [6, 6.07) is 9.39. The number of imidazole rings is 1. The minimum Gasteiger partial charge on any atom is -0.387 e. The molecule has 4 atom stereocenters. The van der Waals surface area contributed by atoms with E-state index < -0.39 is 30.4 Å². The third-order valence-electron chi connectivity index (χ3n) is 5.34. The Morgan fingerprint density at radius 1 is 1.06 bits per heavy atom. The molecular formula is C21H25N7O5. The second-order valence-electron chi connectivity index (χ2n) is 7.67. The molecule has 1 fully saturated rings. The fourth-order valence-corrected chi connectivity index (χ4v) is 3.63. The van der Waals surface area contributed by atoms with E-state index >= 15 is 0 Å². The van der Waals surface area contributed by atoms with E-state index in [0.29, 0.717) is 24.1 Å². The molecule has 1 aliphatic rings. The number of hydrogen-bond donors (Lipinski definition) is 5. The highest BCUT2D eigenvalue weighted by atomic mass is 16.6. The van der Waals surface area contributed by atoms with E-state index in [1.807, 2.05) is 30.3 Å². The van der Waals surface area contributed by atoms with Crippen LogP contribution in [0.15, 0.2) is 43.0 Å². The first-order chi connectivity index (χ1) is 16.0. The molecule has 0 radical (unpaired) electrons. The van der Waals surface area contributed by atoms with Crippen LogP contribution in [0.1, 0.15) is 18.2 Å². The van der Waals surface area contributed by atoms with Crippen molar-refractivity contribution in [3.8, 4) is 0 Å². The maximum atomic E-state index is 12.5. The van der Waals surface area contributed by atoms with Crippen molar-refractivity contribution < 1.29 is 24.5 Å². The number of amides is 2. The standard InChI is InChI=1S/C21H25N7O5/c22-18-14-19(26-10-25-18)28(11-27-14)21-16(31)15(30)17(33-21)20(32)24-8-4-7-23-13(29)9-12-5-2-1-3-6-12/h1-3,5-6,10-11,15-17,21,30-31H,4,7-9H2,(H,23,29)(H,24,32)(H2,22,25,26). The maximum Gasteiger partial charge on any atom is 0.252 e. The van der Waals surface area contributed by atoms with Crippen LogP contribution in [0, 0.1) is 0 Å². The van der Waals surface area contributed by atoms with Crippen LogP contribution in [0.4, 0.5) is 5.82 Å². The SMILES string of the molecule is Nc1ncnc2c1ncn2C1OC(C(=O)NCCCNC(=O)Cc2ccccc2)C(O)C1O. The number of carbonyl (C=O) groups excluding carboxylic acids is 2. The molecule has 6 N–H and O–H groups in total. The van der Waals surface area contributed by atoms with Gasteiger partial charge in [0.1, 0.15) is 24.1 Å². The van der Waals surface area contributed by atoms with Crippen LogP contribution in [0.25, 0.3) is 11.2 Å². The topological polar surface area (TPSA) is 178 Å². The Labute approximate surface area is 188 Å². The number of anilines is 1. The molecule has 1 aromatic carbocycles. The molecule has 1 saturated heterocycles. The molecule has 12 nitrogen and oxygen atoms in total. The monoisotopic (exact) mass is 455 g/mol. The third-order valence-corrected chi connectivity index (χ3v) is 5.34. The maximum absolute atomic E-state index is 12.5. The number of hydrogen-bond acceptors (Lipinski definition) is 9. The Morgan fingerprint density at radius 2 is 1.82 bits per heavy atom. The van der Waals surface area contributed by atoms with Gasteiger partial charge in [-0.2, -0.15) is 0 Å². The van der Waals surface area contributed by atoms with Crippen LogP contribution in [-0.4, -0.2) is 72.9 Å². The number of ether oxygens (including phenoxy) is 1. The van der Waals surface area contributed by atoms with E-state index in [1.165, 1.54) is 17.2 Å². The van der Waals surface area contributed by atoms with E-state index in [4.69, 9.17) is 10.5 Å². The lowest BCUT2D eigenvalue weighted by atomic mass is 10.1. The molecule has 4 rings (SSSR count). The number of nitrogens with one attached hydrogen (secondary N) is 2. The Morgan fingerprint density at radius 3 is 2.61 bits per heavy atom. The summed E-state index contributed by atoms with van der Waals surface area (Å²) >= 11 is 0. The van der Waals surface area contributed by atoms with Crippen molar-refractivity contribution in [1.82, 2.24) is 30.2 Å². The Kier molecular flexibility index (Phi) is 6.77. The average molecular weight is 455 g/mol. The molecule has 3 heterocycles. The van der Waals surface area contributed by atoms with Crippen molar-refractivity contribution in [3.05, 3.63) is 48.5 Å². The second kappa shape index (κ2) is 9.90. The van der Waals surface area contributed by atoms with Gasteiger partial charge in [0, 0.05) is 13.1 Å². The highest BCUT2D eigenvalue weighted by molar-refractivity contribution is 5.83. The van der Waals surface area contributed by atoms with Crippen molar-refractivity contribution >= 4 is 28.8 Å². The summed E-state index contributed by atoms with van der Waals surface area (Å²) in [6.07, 6.45) is -1.81. The number of aliphatic hydroxyl groups excluding tert-OH is 2. The number of benzene rings is 1. The predicted octanol–water partition coefficient (Wildman–Crippen LogP) is -1.11. The van der Waals surface area contributed by atoms with Crippen molar-refractivity contribution in [1.29, 1.82) is 0 Å². The van der Waals surface area contributed by atoms with Gasteiger partial charge < -0.3 is 31.3 Å². The zero-order valence-corrected chi connectivity index (χ0v) is 17.7. The summed E-state index contributed by atoms with van der Waals surface area (Å²) < 4.78 is 7.04. The first-order valence-electron chi connectivity index (χ1n) is 10.5. The molecule has 0 bridgehead atoms. The first kappa shape index (κ1) is 22.6. The van der Waals surface area contributed by atoms with Crippen LogP contribution < -0.4 is 16.4 Å². The number of aromatic nitrogens is 4. The smallest absolute Gasteiger partial charge is 0.252 e. The van der Waals surface area contributed by atoms with Gasteiger partial charge in [-0.15, -0.1) is 0 Å². The fraction of sp³-hybridized carbons (Fsp3) is 0.381. The molecule has 174 valence electrons. The molecule has 2 aromatic heterocycles. The largest absolute Gasteiger partial charge is 0.387 e. The van der Waals surface area contributed by atoms with Gasteiger partial charge in [0.05, 0.1) is 12.7 Å². The number of carbonyl (C=O) groups is 2. The lowest BCUT2D eigenvalue weighted by Crippen LogP contribution is -2.43. The average Bonchev–Trinajstić information content (AvgIpc) is 3.36.